The topological polar surface area (TPSA) is 47.2 Å². The third-order valence-corrected chi connectivity index (χ3v) is 3.43. The SMILES string of the molecule is C=CCn1cc(C2(N=C=O)CCCCC2)cn1. The molecule has 0 atom stereocenters. The van der Waals surface area contributed by atoms with Crippen LogP contribution in [-0.2, 0) is 16.9 Å². The smallest absolute Gasteiger partial charge is 0.235 e. The van der Waals surface area contributed by atoms with Crippen molar-refractivity contribution < 1.29 is 4.79 Å². The van der Waals surface area contributed by atoms with Crippen LogP contribution in [0.1, 0.15) is 37.7 Å². The monoisotopic (exact) mass is 231 g/mol. The summed E-state index contributed by atoms with van der Waals surface area (Å²) in [7, 11) is 0. The number of isocyanates is 1. The maximum absolute atomic E-state index is 10.6. The van der Waals surface area contributed by atoms with Gasteiger partial charge in [0.25, 0.3) is 0 Å². The molecule has 1 aromatic rings. The molecule has 1 aliphatic carbocycles. The van der Waals surface area contributed by atoms with Crippen molar-refractivity contribution >= 4 is 6.08 Å². The van der Waals surface area contributed by atoms with Gasteiger partial charge in [-0.25, -0.2) is 4.79 Å². The Balaban J connectivity index is 2.30. The molecule has 0 unspecified atom stereocenters. The number of aromatic nitrogens is 2. The van der Waals surface area contributed by atoms with Crippen LogP contribution in [0, 0.1) is 0 Å². The molecule has 0 bridgehead atoms. The highest BCUT2D eigenvalue weighted by Crippen LogP contribution is 2.40. The van der Waals surface area contributed by atoms with Crippen molar-refractivity contribution in [3.63, 3.8) is 0 Å². The van der Waals surface area contributed by atoms with E-state index in [1.807, 2.05) is 17.1 Å². The summed E-state index contributed by atoms with van der Waals surface area (Å²) in [5.41, 5.74) is 0.654. The van der Waals surface area contributed by atoms with E-state index >= 15 is 0 Å². The second kappa shape index (κ2) is 5.11. The number of carbonyl (C=O) groups excluding carboxylic acids is 1. The van der Waals surface area contributed by atoms with Gasteiger partial charge in [0.05, 0.1) is 12.7 Å². The largest absolute Gasteiger partial charge is 0.269 e. The standard InChI is InChI=1S/C13H17N3O/c1-2-8-16-10-12(9-15-16)13(14-11-17)6-4-3-5-7-13/h2,9-10H,1,3-8H2. The Kier molecular flexibility index (Phi) is 3.55. The lowest BCUT2D eigenvalue weighted by atomic mass is 9.78. The fraction of sp³-hybridized carbons (Fsp3) is 0.538. The Morgan fingerprint density at radius 3 is 2.94 bits per heavy atom. The molecule has 0 spiro atoms. The molecule has 0 aliphatic heterocycles. The van der Waals surface area contributed by atoms with Crippen LogP contribution in [-0.4, -0.2) is 15.9 Å². The van der Waals surface area contributed by atoms with Crippen LogP contribution in [0.15, 0.2) is 30.0 Å². The lowest BCUT2D eigenvalue weighted by Gasteiger charge is -2.31. The highest BCUT2D eigenvalue weighted by atomic mass is 16.1. The summed E-state index contributed by atoms with van der Waals surface area (Å²) in [6.45, 7) is 4.37. The molecule has 1 heterocycles. The average molecular weight is 231 g/mol. The highest BCUT2D eigenvalue weighted by Gasteiger charge is 2.34. The van der Waals surface area contributed by atoms with Crippen molar-refractivity contribution in [1.29, 1.82) is 0 Å². The van der Waals surface area contributed by atoms with Crippen LogP contribution in [0.4, 0.5) is 0 Å². The number of aliphatic imine (C=N–C) groups is 1. The molecular weight excluding hydrogens is 214 g/mol. The molecule has 0 radical (unpaired) electrons. The molecular formula is C13H17N3O. The summed E-state index contributed by atoms with van der Waals surface area (Å²) >= 11 is 0. The third kappa shape index (κ3) is 2.37. The van der Waals surface area contributed by atoms with Crippen LogP contribution in [0.2, 0.25) is 0 Å². The van der Waals surface area contributed by atoms with Gasteiger partial charge in [-0.15, -0.1) is 6.58 Å². The van der Waals surface area contributed by atoms with Crippen molar-refractivity contribution in [2.24, 2.45) is 4.99 Å². The molecule has 4 heteroatoms. The van der Waals surface area contributed by atoms with Gasteiger partial charge in [-0.2, -0.15) is 10.1 Å². The lowest BCUT2D eigenvalue weighted by molar-refractivity contribution is 0.303. The van der Waals surface area contributed by atoms with Gasteiger partial charge in [0.1, 0.15) is 5.54 Å². The summed E-state index contributed by atoms with van der Waals surface area (Å²) in [6.07, 6.45) is 12.6. The summed E-state index contributed by atoms with van der Waals surface area (Å²) in [4.78, 5) is 14.7. The molecule has 0 amide bonds. The van der Waals surface area contributed by atoms with E-state index in [1.54, 1.807) is 12.2 Å². The summed E-state index contributed by atoms with van der Waals surface area (Å²) < 4.78 is 1.82. The fourth-order valence-corrected chi connectivity index (χ4v) is 2.53. The fourth-order valence-electron chi connectivity index (χ4n) is 2.53. The van der Waals surface area contributed by atoms with Gasteiger partial charge >= 0.3 is 0 Å². The molecule has 1 aliphatic rings. The molecule has 2 rings (SSSR count). The Bertz CT molecular complexity index is 437. The van der Waals surface area contributed by atoms with E-state index in [0.29, 0.717) is 6.54 Å². The number of hydrogen-bond donors (Lipinski definition) is 0. The van der Waals surface area contributed by atoms with Crippen molar-refractivity contribution in [3.8, 4) is 0 Å². The Morgan fingerprint density at radius 1 is 1.53 bits per heavy atom. The van der Waals surface area contributed by atoms with E-state index in [2.05, 4.69) is 16.7 Å². The van der Waals surface area contributed by atoms with E-state index in [-0.39, 0.29) is 5.54 Å². The Labute approximate surface area is 101 Å². The molecule has 0 aromatic carbocycles. The number of nitrogens with zero attached hydrogens (tertiary/aromatic N) is 3. The first kappa shape index (κ1) is 11.8. The molecule has 17 heavy (non-hydrogen) atoms. The van der Waals surface area contributed by atoms with Gasteiger partial charge in [0, 0.05) is 11.8 Å². The molecule has 1 saturated carbocycles. The minimum atomic E-state index is -0.376. The van der Waals surface area contributed by atoms with Crippen LogP contribution in [0.3, 0.4) is 0 Å². The van der Waals surface area contributed by atoms with Crippen LogP contribution >= 0.6 is 0 Å². The Hall–Kier alpha value is -1.67. The molecule has 90 valence electrons. The van der Waals surface area contributed by atoms with Crippen LogP contribution < -0.4 is 0 Å². The van der Waals surface area contributed by atoms with Gasteiger partial charge in [-0.05, 0) is 12.8 Å². The van der Waals surface area contributed by atoms with Gasteiger partial charge in [-0.1, -0.05) is 25.3 Å². The van der Waals surface area contributed by atoms with Crippen LogP contribution in [0.5, 0.6) is 0 Å². The summed E-state index contributed by atoms with van der Waals surface area (Å²) in [6, 6.07) is 0. The zero-order valence-electron chi connectivity index (χ0n) is 9.93. The van der Waals surface area contributed by atoms with Gasteiger partial charge < -0.3 is 0 Å². The first-order valence-electron chi connectivity index (χ1n) is 6.03. The van der Waals surface area contributed by atoms with E-state index < -0.39 is 0 Å². The quantitative estimate of drug-likeness (QED) is 0.454. The zero-order valence-corrected chi connectivity index (χ0v) is 9.93. The van der Waals surface area contributed by atoms with E-state index in [9.17, 15) is 4.79 Å². The van der Waals surface area contributed by atoms with Crippen LogP contribution in [0.25, 0.3) is 0 Å². The van der Waals surface area contributed by atoms with Gasteiger partial charge in [-0.3, -0.25) is 4.68 Å². The molecule has 0 saturated heterocycles. The predicted octanol–water partition coefficient (Wildman–Crippen LogP) is 2.56. The molecule has 4 nitrogen and oxygen atoms in total. The summed E-state index contributed by atoms with van der Waals surface area (Å²) in [5, 5.41) is 4.26. The first-order valence-corrected chi connectivity index (χ1v) is 6.03. The van der Waals surface area contributed by atoms with E-state index in [4.69, 9.17) is 0 Å². The maximum Gasteiger partial charge on any atom is 0.235 e. The second-order valence-electron chi connectivity index (χ2n) is 4.54. The van der Waals surface area contributed by atoms with Crippen molar-refractivity contribution in [1.82, 2.24) is 9.78 Å². The van der Waals surface area contributed by atoms with Gasteiger partial charge in [0.15, 0.2) is 0 Å². The number of rotatable bonds is 4. The van der Waals surface area contributed by atoms with Gasteiger partial charge in [0.2, 0.25) is 6.08 Å². The molecule has 1 fully saturated rings. The number of hydrogen-bond acceptors (Lipinski definition) is 3. The normalized spacial score (nSPS) is 18.4. The van der Waals surface area contributed by atoms with Crippen molar-refractivity contribution in [2.75, 3.05) is 0 Å². The Morgan fingerprint density at radius 2 is 2.29 bits per heavy atom. The summed E-state index contributed by atoms with van der Waals surface area (Å²) in [5.74, 6) is 0. The second-order valence-corrected chi connectivity index (χ2v) is 4.54. The van der Waals surface area contributed by atoms with E-state index in [0.717, 1.165) is 31.2 Å². The minimum absolute atomic E-state index is 0.376. The molecule has 0 N–H and O–H groups in total. The molecule has 1 aromatic heterocycles. The third-order valence-electron chi connectivity index (χ3n) is 3.43. The first-order chi connectivity index (χ1) is 8.30. The minimum Gasteiger partial charge on any atom is -0.269 e. The lowest BCUT2D eigenvalue weighted by Crippen LogP contribution is -2.26. The average Bonchev–Trinajstić information content (AvgIpc) is 2.80. The predicted molar refractivity (Wildman–Crippen MR) is 65.3 cm³/mol. The number of allylic oxidation sites excluding steroid dienone is 1. The van der Waals surface area contributed by atoms with Crippen molar-refractivity contribution in [2.45, 2.75) is 44.2 Å². The maximum atomic E-state index is 10.6. The zero-order chi connectivity index (χ0) is 12.1. The van der Waals surface area contributed by atoms with Crippen molar-refractivity contribution in [3.05, 3.63) is 30.6 Å². The van der Waals surface area contributed by atoms with E-state index in [1.165, 1.54) is 6.42 Å². The highest BCUT2D eigenvalue weighted by molar-refractivity contribution is 5.37.